The van der Waals surface area contributed by atoms with Gasteiger partial charge in [-0.1, -0.05) is 17.7 Å². The smallest absolute Gasteiger partial charge is 0.339 e. The second kappa shape index (κ2) is 5.80. The maximum Gasteiger partial charge on any atom is 0.339 e. The quantitative estimate of drug-likeness (QED) is 0.760. The number of rotatable bonds is 3. The number of anilines is 1. The van der Waals surface area contributed by atoms with Crippen LogP contribution in [0.1, 0.15) is 20.7 Å². The summed E-state index contributed by atoms with van der Waals surface area (Å²) in [6.07, 6.45) is 0. The third-order valence-electron chi connectivity index (χ3n) is 2.68. The maximum atomic E-state index is 13.7. The first kappa shape index (κ1) is 14.8. The molecule has 0 saturated heterocycles. The first-order chi connectivity index (χ1) is 9.90. The first-order valence-corrected chi connectivity index (χ1v) is 6.09. The van der Waals surface area contributed by atoms with Gasteiger partial charge < -0.3 is 15.5 Å². The lowest BCUT2D eigenvalue weighted by Gasteiger charge is -2.08. The molecule has 0 aromatic heterocycles. The predicted octanol–water partition coefficient (Wildman–Crippen LogP) is 3.14. The highest BCUT2D eigenvalue weighted by atomic mass is 35.5. The van der Waals surface area contributed by atoms with E-state index in [0.29, 0.717) is 0 Å². The highest BCUT2D eigenvalue weighted by Crippen LogP contribution is 2.23. The highest BCUT2D eigenvalue weighted by molar-refractivity contribution is 6.31. The Hall–Kier alpha value is -2.60. The van der Waals surface area contributed by atoms with Gasteiger partial charge in [0.15, 0.2) is 5.82 Å². The molecule has 0 aliphatic rings. The number of benzene rings is 2. The van der Waals surface area contributed by atoms with E-state index in [1.54, 1.807) is 0 Å². The van der Waals surface area contributed by atoms with Gasteiger partial charge in [0.1, 0.15) is 11.3 Å². The summed E-state index contributed by atoms with van der Waals surface area (Å²) in [6, 6.07) is 7.44. The van der Waals surface area contributed by atoms with Crippen molar-refractivity contribution in [3.8, 4) is 5.75 Å². The van der Waals surface area contributed by atoms with Crippen LogP contribution in [-0.4, -0.2) is 22.1 Å². The van der Waals surface area contributed by atoms with Gasteiger partial charge in [-0.3, -0.25) is 4.79 Å². The van der Waals surface area contributed by atoms with Crippen LogP contribution in [0.5, 0.6) is 5.75 Å². The summed E-state index contributed by atoms with van der Waals surface area (Å²) in [5.74, 6) is -3.43. The maximum absolute atomic E-state index is 13.7. The molecule has 0 unspecified atom stereocenters. The molecule has 0 radical (unpaired) electrons. The van der Waals surface area contributed by atoms with Crippen LogP contribution < -0.4 is 5.32 Å². The van der Waals surface area contributed by atoms with Gasteiger partial charge in [-0.15, -0.1) is 0 Å². The molecule has 108 valence electrons. The fraction of sp³-hybridized carbons (Fsp3) is 0. The van der Waals surface area contributed by atoms with E-state index in [0.717, 1.165) is 12.1 Å². The summed E-state index contributed by atoms with van der Waals surface area (Å²) in [6.45, 7) is 0. The molecule has 0 fully saturated rings. The SMILES string of the molecule is O=C(O)c1cc(NC(=O)c2cccc(Cl)c2F)ccc1O. The number of hydrogen-bond donors (Lipinski definition) is 3. The minimum absolute atomic E-state index is 0.106. The molecule has 0 saturated carbocycles. The normalized spacial score (nSPS) is 10.2. The molecular weight excluding hydrogens is 301 g/mol. The summed E-state index contributed by atoms with van der Waals surface area (Å²) in [5.41, 5.74) is -0.540. The monoisotopic (exact) mass is 309 g/mol. The van der Waals surface area contributed by atoms with E-state index in [2.05, 4.69) is 5.32 Å². The number of amides is 1. The van der Waals surface area contributed by atoms with Gasteiger partial charge in [-0.05, 0) is 30.3 Å². The molecule has 2 aromatic carbocycles. The lowest BCUT2D eigenvalue weighted by molar-refractivity contribution is 0.0693. The molecule has 21 heavy (non-hydrogen) atoms. The van der Waals surface area contributed by atoms with Crippen molar-refractivity contribution >= 4 is 29.2 Å². The van der Waals surface area contributed by atoms with E-state index in [1.165, 1.54) is 24.3 Å². The van der Waals surface area contributed by atoms with E-state index in [4.69, 9.17) is 16.7 Å². The van der Waals surface area contributed by atoms with Gasteiger partial charge in [0.25, 0.3) is 5.91 Å². The van der Waals surface area contributed by atoms with E-state index >= 15 is 0 Å². The van der Waals surface area contributed by atoms with Crippen LogP contribution in [0.3, 0.4) is 0 Å². The van der Waals surface area contributed by atoms with Crippen molar-refractivity contribution in [3.63, 3.8) is 0 Å². The van der Waals surface area contributed by atoms with Crippen LogP contribution in [0, 0.1) is 5.82 Å². The lowest BCUT2D eigenvalue weighted by Crippen LogP contribution is -2.14. The second-order valence-corrected chi connectivity index (χ2v) is 4.50. The molecule has 0 spiro atoms. The molecule has 3 N–H and O–H groups in total. The Morgan fingerprint density at radius 3 is 2.52 bits per heavy atom. The molecule has 0 aliphatic carbocycles. The van der Waals surface area contributed by atoms with E-state index in [-0.39, 0.29) is 21.8 Å². The number of carbonyl (C=O) groups excluding carboxylic acids is 1. The van der Waals surface area contributed by atoms with Crippen LogP contribution in [-0.2, 0) is 0 Å². The van der Waals surface area contributed by atoms with E-state index < -0.39 is 23.4 Å². The van der Waals surface area contributed by atoms with Crippen molar-refractivity contribution in [2.24, 2.45) is 0 Å². The molecule has 0 atom stereocenters. The average Bonchev–Trinajstić information content (AvgIpc) is 2.43. The van der Waals surface area contributed by atoms with Crippen molar-refractivity contribution in [1.29, 1.82) is 0 Å². The molecule has 1 amide bonds. The number of carboxylic acid groups (broad SMARTS) is 1. The summed E-state index contributed by atoms with van der Waals surface area (Å²) in [5, 5.41) is 20.4. The number of nitrogens with one attached hydrogen (secondary N) is 1. The molecule has 0 aliphatic heterocycles. The summed E-state index contributed by atoms with van der Waals surface area (Å²) in [4.78, 5) is 22.8. The van der Waals surface area contributed by atoms with Crippen LogP contribution in [0.4, 0.5) is 10.1 Å². The number of carbonyl (C=O) groups is 2. The number of halogens is 2. The van der Waals surface area contributed by atoms with Crippen LogP contribution in [0.25, 0.3) is 0 Å². The Bertz CT molecular complexity index is 733. The van der Waals surface area contributed by atoms with Crippen LogP contribution in [0.15, 0.2) is 36.4 Å². The molecule has 5 nitrogen and oxygen atoms in total. The van der Waals surface area contributed by atoms with Gasteiger partial charge in [0.2, 0.25) is 0 Å². The number of hydrogen-bond acceptors (Lipinski definition) is 3. The number of aromatic hydroxyl groups is 1. The summed E-state index contributed by atoms with van der Waals surface area (Å²) < 4.78 is 13.7. The van der Waals surface area contributed by atoms with Gasteiger partial charge in [-0.2, -0.15) is 0 Å². The number of phenols is 1. The Labute approximate surface area is 123 Å². The molecule has 0 bridgehead atoms. The fourth-order valence-electron chi connectivity index (χ4n) is 1.66. The van der Waals surface area contributed by atoms with Crippen LogP contribution >= 0.6 is 11.6 Å². The Balaban J connectivity index is 2.30. The van der Waals surface area contributed by atoms with Crippen molar-refractivity contribution in [3.05, 3.63) is 58.4 Å². The van der Waals surface area contributed by atoms with Crippen molar-refractivity contribution in [1.82, 2.24) is 0 Å². The molecule has 7 heteroatoms. The zero-order valence-electron chi connectivity index (χ0n) is 10.4. The number of aromatic carboxylic acids is 1. The van der Waals surface area contributed by atoms with Crippen molar-refractivity contribution < 1.29 is 24.2 Å². The molecule has 0 heterocycles. The molecule has 2 rings (SSSR count). The fourth-order valence-corrected chi connectivity index (χ4v) is 1.84. The molecule has 2 aromatic rings. The largest absolute Gasteiger partial charge is 0.507 e. The first-order valence-electron chi connectivity index (χ1n) is 5.72. The Kier molecular flexibility index (Phi) is 4.09. The lowest BCUT2D eigenvalue weighted by atomic mass is 10.1. The topological polar surface area (TPSA) is 86.6 Å². The van der Waals surface area contributed by atoms with Crippen LogP contribution in [0.2, 0.25) is 5.02 Å². The Morgan fingerprint density at radius 1 is 1.14 bits per heavy atom. The van der Waals surface area contributed by atoms with Gasteiger partial charge in [0, 0.05) is 5.69 Å². The number of carboxylic acids is 1. The minimum atomic E-state index is -1.35. The van der Waals surface area contributed by atoms with E-state index in [1.807, 2.05) is 0 Å². The van der Waals surface area contributed by atoms with Crippen molar-refractivity contribution in [2.45, 2.75) is 0 Å². The zero-order valence-corrected chi connectivity index (χ0v) is 11.2. The summed E-state index contributed by atoms with van der Waals surface area (Å²) >= 11 is 5.58. The molecular formula is C14H9ClFNO4. The standard InChI is InChI=1S/C14H9ClFNO4/c15-10-3-1-2-8(12(10)16)13(19)17-7-4-5-11(18)9(6-7)14(20)21/h1-6,18H,(H,17,19)(H,20,21). The zero-order chi connectivity index (χ0) is 15.6. The van der Waals surface area contributed by atoms with Gasteiger partial charge >= 0.3 is 5.97 Å². The predicted molar refractivity (Wildman–Crippen MR) is 74.4 cm³/mol. The summed E-state index contributed by atoms with van der Waals surface area (Å²) in [7, 11) is 0. The third kappa shape index (κ3) is 3.11. The van der Waals surface area contributed by atoms with Gasteiger partial charge in [-0.25, -0.2) is 9.18 Å². The van der Waals surface area contributed by atoms with Gasteiger partial charge in [0.05, 0.1) is 10.6 Å². The van der Waals surface area contributed by atoms with E-state index in [9.17, 15) is 19.1 Å². The third-order valence-corrected chi connectivity index (χ3v) is 2.97. The van der Waals surface area contributed by atoms with Crippen molar-refractivity contribution in [2.75, 3.05) is 5.32 Å². The average molecular weight is 310 g/mol. The minimum Gasteiger partial charge on any atom is -0.507 e. The second-order valence-electron chi connectivity index (χ2n) is 4.09. The highest BCUT2D eigenvalue weighted by Gasteiger charge is 2.16. The Morgan fingerprint density at radius 2 is 1.86 bits per heavy atom.